The first-order valence-corrected chi connectivity index (χ1v) is 8.50. The molecular weight excluding hydrogens is 326 g/mol. The van der Waals surface area contributed by atoms with Gasteiger partial charge >= 0.3 is 0 Å². The van der Waals surface area contributed by atoms with Gasteiger partial charge in [0.2, 0.25) is 0 Å². The summed E-state index contributed by atoms with van der Waals surface area (Å²) in [5.74, 6) is 1.19. The Kier molecular flexibility index (Phi) is 5.29. The predicted octanol–water partition coefficient (Wildman–Crippen LogP) is 3.50. The molecule has 3 rings (SSSR count). The summed E-state index contributed by atoms with van der Waals surface area (Å²) in [5, 5.41) is 14.3. The second-order valence-electron chi connectivity index (χ2n) is 5.87. The minimum atomic E-state index is -0.414. The number of nitrogens with one attached hydrogen (secondary N) is 1. The van der Waals surface area contributed by atoms with Crippen LogP contribution in [0.25, 0.3) is 0 Å². The van der Waals surface area contributed by atoms with Crippen molar-refractivity contribution in [3.63, 3.8) is 0 Å². The van der Waals surface area contributed by atoms with Gasteiger partial charge in [-0.2, -0.15) is 0 Å². The molecule has 0 aliphatic heterocycles. The molecule has 0 fully saturated rings. The second kappa shape index (κ2) is 7.43. The Hall–Kier alpha value is -1.75. The number of fused-ring (bicyclic) bond motifs is 1. The third-order valence-electron chi connectivity index (χ3n) is 4.31. The Morgan fingerprint density at radius 3 is 2.83 bits per heavy atom. The SMILES string of the molecule is CCOc1c(Cl)cc(CN[C@@H]2c3ccccc3C[C@@H]2O)cc1OC. The zero-order valence-electron chi connectivity index (χ0n) is 13.9. The summed E-state index contributed by atoms with van der Waals surface area (Å²) in [6.07, 6.45) is 0.267. The number of hydrogen-bond acceptors (Lipinski definition) is 4. The van der Waals surface area contributed by atoms with E-state index in [1.54, 1.807) is 7.11 Å². The highest BCUT2D eigenvalue weighted by atomic mass is 35.5. The van der Waals surface area contributed by atoms with Crippen LogP contribution in [0.3, 0.4) is 0 Å². The highest BCUT2D eigenvalue weighted by Crippen LogP contribution is 2.37. The summed E-state index contributed by atoms with van der Waals surface area (Å²) >= 11 is 6.32. The summed E-state index contributed by atoms with van der Waals surface area (Å²) in [7, 11) is 1.60. The summed E-state index contributed by atoms with van der Waals surface area (Å²) < 4.78 is 10.9. The molecule has 0 aromatic heterocycles. The van der Waals surface area contributed by atoms with Crippen molar-refractivity contribution < 1.29 is 14.6 Å². The van der Waals surface area contributed by atoms with E-state index >= 15 is 0 Å². The smallest absolute Gasteiger partial charge is 0.179 e. The van der Waals surface area contributed by atoms with Crippen LogP contribution in [0.2, 0.25) is 5.02 Å². The van der Waals surface area contributed by atoms with Gasteiger partial charge in [-0.05, 0) is 35.7 Å². The van der Waals surface area contributed by atoms with E-state index in [0.29, 0.717) is 36.1 Å². The van der Waals surface area contributed by atoms with Gasteiger partial charge in [0.1, 0.15) is 0 Å². The lowest BCUT2D eigenvalue weighted by atomic mass is 10.1. The van der Waals surface area contributed by atoms with E-state index in [9.17, 15) is 5.11 Å². The molecule has 0 radical (unpaired) electrons. The largest absolute Gasteiger partial charge is 0.493 e. The Bertz CT molecular complexity index is 720. The van der Waals surface area contributed by atoms with E-state index in [4.69, 9.17) is 21.1 Å². The van der Waals surface area contributed by atoms with Crippen LogP contribution < -0.4 is 14.8 Å². The number of aliphatic hydroxyl groups excluding tert-OH is 1. The third kappa shape index (κ3) is 3.36. The molecule has 4 nitrogen and oxygen atoms in total. The highest BCUT2D eigenvalue weighted by molar-refractivity contribution is 6.32. The molecule has 128 valence electrons. The Balaban J connectivity index is 1.76. The molecular formula is C19H22ClNO3. The third-order valence-corrected chi connectivity index (χ3v) is 4.59. The number of aliphatic hydroxyl groups is 1. The van der Waals surface area contributed by atoms with E-state index < -0.39 is 6.10 Å². The number of halogens is 1. The fraction of sp³-hybridized carbons (Fsp3) is 0.368. The molecule has 0 amide bonds. The molecule has 0 saturated heterocycles. The maximum absolute atomic E-state index is 10.3. The minimum Gasteiger partial charge on any atom is -0.493 e. The average Bonchev–Trinajstić information content (AvgIpc) is 2.90. The Morgan fingerprint density at radius 1 is 1.29 bits per heavy atom. The maximum Gasteiger partial charge on any atom is 0.179 e. The molecule has 2 N–H and O–H groups in total. The number of methoxy groups -OCH3 is 1. The van der Waals surface area contributed by atoms with Gasteiger partial charge < -0.3 is 19.9 Å². The number of hydrogen-bond donors (Lipinski definition) is 2. The van der Waals surface area contributed by atoms with Crippen molar-refractivity contribution in [2.45, 2.75) is 32.0 Å². The molecule has 2 atom stereocenters. The van der Waals surface area contributed by atoms with Crippen molar-refractivity contribution in [2.24, 2.45) is 0 Å². The van der Waals surface area contributed by atoms with Crippen LogP contribution in [0.15, 0.2) is 36.4 Å². The fourth-order valence-corrected chi connectivity index (χ4v) is 3.50. The Morgan fingerprint density at radius 2 is 2.08 bits per heavy atom. The highest BCUT2D eigenvalue weighted by Gasteiger charge is 2.30. The number of benzene rings is 2. The quantitative estimate of drug-likeness (QED) is 0.839. The van der Waals surface area contributed by atoms with Gasteiger partial charge in [0, 0.05) is 13.0 Å². The number of ether oxygens (including phenoxy) is 2. The van der Waals surface area contributed by atoms with Crippen molar-refractivity contribution in [3.05, 3.63) is 58.1 Å². The normalized spacial score (nSPS) is 19.2. The summed E-state index contributed by atoms with van der Waals surface area (Å²) in [6.45, 7) is 3.02. The van der Waals surface area contributed by atoms with Gasteiger partial charge in [-0.3, -0.25) is 0 Å². The lowest BCUT2D eigenvalue weighted by molar-refractivity contribution is 0.140. The lowest BCUT2D eigenvalue weighted by Crippen LogP contribution is -2.28. The zero-order valence-corrected chi connectivity index (χ0v) is 14.6. The van der Waals surface area contributed by atoms with Crippen molar-refractivity contribution in [1.82, 2.24) is 5.32 Å². The van der Waals surface area contributed by atoms with E-state index in [0.717, 1.165) is 11.1 Å². The van der Waals surface area contributed by atoms with Crippen LogP contribution in [0.1, 0.15) is 29.7 Å². The van der Waals surface area contributed by atoms with E-state index in [1.165, 1.54) is 5.56 Å². The van der Waals surface area contributed by atoms with Gasteiger partial charge in [0.25, 0.3) is 0 Å². The van der Waals surface area contributed by atoms with Crippen LogP contribution in [-0.2, 0) is 13.0 Å². The van der Waals surface area contributed by atoms with Gasteiger partial charge in [-0.25, -0.2) is 0 Å². The molecule has 5 heteroatoms. The average molecular weight is 348 g/mol. The maximum atomic E-state index is 10.3. The first-order valence-electron chi connectivity index (χ1n) is 8.12. The molecule has 0 spiro atoms. The van der Waals surface area contributed by atoms with Crippen LogP contribution in [0.5, 0.6) is 11.5 Å². The van der Waals surface area contributed by atoms with Crippen molar-refractivity contribution in [3.8, 4) is 11.5 Å². The molecule has 0 bridgehead atoms. The van der Waals surface area contributed by atoms with E-state index in [1.807, 2.05) is 31.2 Å². The van der Waals surface area contributed by atoms with Crippen molar-refractivity contribution >= 4 is 11.6 Å². The molecule has 24 heavy (non-hydrogen) atoms. The predicted molar refractivity (Wildman–Crippen MR) is 94.9 cm³/mol. The van der Waals surface area contributed by atoms with Crippen LogP contribution >= 0.6 is 11.6 Å². The van der Waals surface area contributed by atoms with Gasteiger partial charge in [-0.15, -0.1) is 0 Å². The van der Waals surface area contributed by atoms with E-state index in [2.05, 4.69) is 17.4 Å². The minimum absolute atomic E-state index is 0.0717. The zero-order chi connectivity index (χ0) is 17.1. The standard InChI is InChI=1S/C19H22ClNO3/c1-3-24-19-15(20)8-12(9-17(19)23-2)11-21-18-14-7-5-4-6-13(14)10-16(18)22/h4-9,16,18,21-22H,3,10-11H2,1-2H3/t16-,18+/m0/s1. The first kappa shape index (κ1) is 17.1. The molecule has 0 unspecified atom stereocenters. The second-order valence-corrected chi connectivity index (χ2v) is 6.28. The van der Waals surface area contributed by atoms with Gasteiger partial charge in [0.15, 0.2) is 11.5 Å². The topological polar surface area (TPSA) is 50.7 Å². The van der Waals surface area contributed by atoms with Crippen LogP contribution in [0, 0.1) is 0 Å². The van der Waals surface area contributed by atoms with Crippen LogP contribution in [-0.4, -0.2) is 24.9 Å². The lowest BCUT2D eigenvalue weighted by Gasteiger charge is -2.19. The molecule has 2 aromatic carbocycles. The molecule has 1 aliphatic carbocycles. The molecule has 0 saturated carbocycles. The molecule has 0 heterocycles. The van der Waals surface area contributed by atoms with Gasteiger partial charge in [-0.1, -0.05) is 35.9 Å². The van der Waals surface area contributed by atoms with Crippen molar-refractivity contribution in [1.29, 1.82) is 0 Å². The summed E-state index contributed by atoms with van der Waals surface area (Å²) in [4.78, 5) is 0. The summed E-state index contributed by atoms with van der Waals surface area (Å²) in [5.41, 5.74) is 3.34. The monoisotopic (exact) mass is 347 g/mol. The number of rotatable bonds is 6. The van der Waals surface area contributed by atoms with Crippen LogP contribution in [0.4, 0.5) is 0 Å². The Labute approximate surface area is 147 Å². The molecule has 2 aromatic rings. The molecule has 1 aliphatic rings. The first-order chi connectivity index (χ1) is 11.6. The van der Waals surface area contributed by atoms with Crippen molar-refractivity contribution in [2.75, 3.05) is 13.7 Å². The van der Waals surface area contributed by atoms with Gasteiger partial charge in [0.05, 0.1) is 30.9 Å². The summed E-state index contributed by atoms with van der Waals surface area (Å²) in [6, 6.07) is 11.9. The fourth-order valence-electron chi connectivity index (χ4n) is 3.21. The van der Waals surface area contributed by atoms with E-state index in [-0.39, 0.29) is 6.04 Å².